The number of aromatic nitrogens is 1. The maximum Gasteiger partial charge on any atom is 0.410 e. The van der Waals surface area contributed by atoms with Crippen molar-refractivity contribution in [3.05, 3.63) is 16.1 Å². The number of nitriles is 1. The third-order valence-electron chi connectivity index (χ3n) is 6.96. The Morgan fingerprint density at radius 2 is 1.58 bits per heavy atom. The molecule has 4 aliphatic rings. The molecule has 1 aromatic heterocycles. The smallest absolute Gasteiger partial charge is 0.410 e. The molecule has 10 nitrogen and oxygen atoms in total. The standard InChI is InChI=1S/C16H21N3O2S.C10H17NO4S/c1-10-8-22-13(18-10)16(9-17)11-5-6-19(7-12(11)16)14(20)21-15(2,3)4;1-10(2,3)13-9(12)11-5-4-7-8(6-11)15-16-14-7/h8,11-12H,5-7H2,1-4H3;7-8H,4-6H2,1-3H3/t11-,12+,16+;7-,8+/m10/s1. The van der Waals surface area contributed by atoms with Crippen molar-refractivity contribution in [2.75, 3.05) is 26.2 Å². The fourth-order valence-corrected chi connectivity index (χ4v) is 6.87. The molecule has 1 aromatic rings. The fraction of sp³-hybridized carbons (Fsp3) is 0.769. The zero-order chi connectivity index (χ0) is 27.9. The molecule has 3 saturated heterocycles. The van der Waals surface area contributed by atoms with Crippen molar-refractivity contribution < 1.29 is 27.4 Å². The van der Waals surface area contributed by atoms with Gasteiger partial charge in [-0.15, -0.1) is 11.3 Å². The normalized spacial score (nSPS) is 30.3. The number of carbonyl (C=O) groups excluding carboxylic acids is 2. The molecule has 4 heterocycles. The molecule has 0 aromatic carbocycles. The first-order valence-electron chi connectivity index (χ1n) is 13.0. The predicted octanol–water partition coefficient (Wildman–Crippen LogP) is 5.07. The van der Waals surface area contributed by atoms with Crippen LogP contribution in [0.1, 0.15) is 65.1 Å². The lowest BCUT2D eigenvalue weighted by molar-refractivity contribution is -0.000758. The summed E-state index contributed by atoms with van der Waals surface area (Å²) in [5.41, 5.74) is -0.469. The minimum Gasteiger partial charge on any atom is -0.444 e. The topological polar surface area (TPSA) is 114 Å². The molecular formula is C26H38N4O6S2. The number of amides is 2. The minimum atomic E-state index is -0.490. The lowest BCUT2D eigenvalue weighted by Gasteiger charge is -2.33. The largest absolute Gasteiger partial charge is 0.444 e. The predicted molar refractivity (Wildman–Crippen MR) is 143 cm³/mol. The SMILES string of the molecule is CC(C)(C)OC(=O)N1CC[C@@H]2OSO[C@@H]2C1.Cc1csc([C@@]2(C#N)[C@@H]3CCN(C(=O)OC(C)(C)C)C[C@@H]32)n1. The third-order valence-corrected chi connectivity index (χ3v) is 8.72. The Morgan fingerprint density at radius 3 is 2.13 bits per heavy atom. The van der Waals surface area contributed by atoms with Crippen LogP contribution in [0.25, 0.3) is 0 Å². The number of carbonyl (C=O) groups is 2. The zero-order valence-electron chi connectivity index (χ0n) is 23.2. The molecule has 5 atom stereocenters. The molecule has 2 amide bonds. The molecule has 38 heavy (non-hydrogen) atoms. The van der Waals surface area contributed by atoms with Gasteiger partial charge in [0.05, 0.1) is 12.6 Å². The number of nitrogens with zero attached hydrogens (tertiary/aromatic N) is 4. The number of ether oxygens (including phenoxy) is 2. The molecule has 0 radical (unpaired) electrons. The van der Waals surface area contributed by atoms with Crippen LogP contribution >= 0.6 is 23.7 Å². The van der Waals surface area contributed by atoms with Crippen molar-refractivity contribution in [3.63, 3.8) is 0 Å². The highest BCUT2D eigenvalue weighted by molar-refractivity contribution is 7.90. The molecule has 0 bridgehead atoms. The number of rotatable bonds is 1. The van der Waals surface area contributed by atoms with Gasteiger partial charge in [-0.05, 0) is 67.2 Å². The average molecular weight is 567 g/mol. The highest BCUT2D eigenvalue weighted by Gasteiger charge is 2.69. The van der Waals surface area contributed by atoms with Gasteiger partial charge in [-0.3, -0.25) is 8.37 Å². The van der Waals surface area contributed by atoms with Crippen LogP contribution < -0.4 is 0 Å². The molecule has 5 rings (SSSR count). The Hall–Kier alpha value is -2.07. The summed E-state index contributed by atoms with van der Waals surface area (Å²) in [4.78, 5) is 32.0. The van der Waals surface area contributed by atoms with Crippen molar-refractivity contribution in [2.45, 2.75) is 90.1 Å². The van der Waals surface area contributed by atoms with Crippen molar-refractivity contribution in [1.82, 2.24) is 14.8 Å². The Labute approximate surface area is 233 Å². The summed E-state index contributed by atoms with van der Waals surface area (Å²) in [6.45, 7) is 15.6. The Bertz CT molecular complexity index is 1080. The van der Waals surface area contributed by atoms with E-state index in [4.69, 9.17) is 17.8 Å². The summed E-state index contributed by atoms with van der Waals surface area (Å²) in [5.74, 6) is 0.506. The van der Waals surface area contributed by atoms with E-state index in [-0.39, 0.29) is 30.3 Å². The summed E-state index contributed by atoms with van der Waals surface area (Å²) in [6.07, 6.45) is 1.19. The molecule has 4 fully saturated rings. The molecular weight excluding hydrogens is 528 g/mol. The van der Waals surface area contributed by atoms with Crippen LogP contribution in [0.4, 0.5) is 9.59 Å². The average Bonchev–Trinajstić information content (AvgIpc) is 3.11. The molecule has 1 saturated carbocycles. The lowest BCUT2D eigenvalue weighted by Crippen LogP contribution is -2.49. The first-order chi connectivity index (χ1) is 17.7. The molecule has 0 unspecified atom stereocenters. The van der Waals surface area contributed by atoms with Gasteiger partial charge >= 0.3 is 12.2 Å². The van der Waals surface area contributed by atoms with Gasteiger partial charge in [-0.2, -0.15) is 5.26 Å². The van der Waals surface area contributed by atoms with E-state index in [1.165, 1.54) is 0 Å². The van der Waals surface area contributed by atoms with Crippen molar-refractivity contribution in [3.8, 4) is 6.07 Å². The summed E-state index contributed by atoms with van der Waals surface area (Å²) in [5, 5.41) is 12.6. The maximum absolute atomic E-state index is 12.2. The van der Waals surface area contributed by atoms with Gasteiger partial charge in [0.15, 0.2) is 12.3 Å². The van der Waals surface area contributed by atoms with E-state index < -0.39 is 16.6 Å². The Kier molecular flexibility index (Phi) is 8.25. The Morgan fingerprint density at radius 1 is 1.00 bits per heavy atom. The first-order valence-corrected chi connectivity index (χ1v) is 14.6. The number of fused-ring (bicyclic) bond motifs is 2. The fourth-order valence-electron chi connectivity index (χ4n) is 5.14. The van der Waals surface area contributed by atoms with E-state index in [2.05, 4.69) is 11.1 Å². The summed E-state index contributed by atoms with van der Waals surface area (Å²) in [6, 6.07) is 2.50. The van der Waals surface area contributed by atoms with Crippen LogP contribution in [0.2, 0.25) is 0 Å². The second-order valence-electron chi connectivity index (χ2n) is 12.3. The van der Waals surface area contributed by atoms with E-state index in [9.17, 15) is 14.9 Å². The van der Waals surface area contributed by atoms with Gasteiger partial charge in [0.25, 0.3) is 0 Å². The minimum absolute atomic E-state index is 0.0220. The van der Waals surface area contributed by atoms with Crippen molar-refractivity contribution >= 4 is 35.8 Å². The number of hydrogen-bond donors (Lipinski definition) is 0. The second kappa shape index (κ2) is 10.8. The number of thiazole rings is 1. The first kappa shape index (κ1) is 28.9. The maximum atomic E-state index is 12.2. The van der Waals surface area contributed by atoms with Gasteiger partial charge < -0.3 is 19.3 Å². The second-order valence-corrected chi connectivity index (χ2v) is 13.6. The van der Waals surface area contributed by atoms with E-state index in [0.717, 1.165) is 35.9 Å². The molecule has 0 spiro atoms. The van der Waals surface area contributed by atoms with Crippen LogP contribution in [0.15, 0.2) is 5.38 Å². The van der Waals surface area contributed by atoms with Crippen molar-refractivity contribution in [1.29, 1.82) is 5.26 Å². The highest BCUT2D eigenvalue weighted by Crippen LogP contribution is 2.63. The summed E-state index contributed by atoms with van der Waals surface area (Å²) >= 11 is 2.59. The van der Waals surface area contributed by atoms with Gasteiger partial charge in [-0.1, -0.05) is 0 Å². The summed E-state index contributed by atoms with van der Waals surface area (Å²) in [7, 11) is 0. The van der Waals surface area contributed by atoms with E-state index in [1.54, 1.807) is 21.1 Å². The van der Waals surface area contributed by atoms with Gasteiger partial charge in [-0.25, -0.2) is 14.6 Å². The third kappa shape index (κ3) is 6.38. The van der Waals surface area contributed by atoms with Gasteiger partial charge in [0, 0.05) is 36.6 Å². The molecule has 1 aliphatic carbocycles. The highest BCUT2D eigenvalue weighted by atomic mass is 32.2. The quantitative estimate of drug-likeness (QED) is 0.430. The molecule has 3 aliphatic heterocycles. The van der Waals surface area contributed by atoms with Crippen LogP contribution in [0.3, 0.4) is 0 Å². The number of hydrogen-bond acceptors (Lipinski definition) is 10. The Balaban J connectivity index is 0.000000186. The molecule has 210 valence electrons. The van der Waals surface area contributed by atoms with E-state index in [1.807, 2.05) is 53.8 Å². The van der Waals surface area contributed by atoms with Crippen LogP contribution in [-0.4, -0.2) is 76.6 Å². The van der Waals surface area contributed by atoms with Crippen LogP contribution in [0, 0.1) is 30.1 Å². The molecule has 0 N–H and O–H groups in total. The number of piperidine rings is 2. The lowest BCUT2D eigenvalue weighted by atomic mass is 10.0. The van der Waals surface area contributed by atoms with E-state index >= 15 is 0 Å². The van der Waals surface area contributed by atoms with Crippen LogP contribution in [0.5, 0.6) is 0 Å². The summed E-state index contributed by atoms with van der Waals surface area (Å²) < 4.78 is 21.4. The number of likely N-dealkylation sites (tertiary alicyclic amines) is 2. The monoisotopic (exact) mass is 566 g/mol. The molecule has 12 heteroatoms. The number of aryl methyl sites for hydroxylation is 1. The van der Waals surface area contributed by atoms with Gasteiger partial charge in [0.2, 0.25) is 0 Å². The zero-order valence-corrected chi connectivity index (χ0v) is 24.8. The van der Waals surface area contributed by atoms with Crippen LogP contribution in [-0.2, 0) is 23.3 Å². The van der Waals surface area contributed by atoms with Gasteiger partial charge in [0.1, 0.15) is 33.8 Å². The van der Waals surface area contributed by atoms with E-state index in [0.29, 0.717) is 32.1 Å². The van der Waals surface area contributed by atoms with Crippen molar-refractivity contribution in [2.24, 2.45) is 11.8 Å².